The maximum absolute atomic E-state index is 12.9. The first kappa shape index (κ1) is 25.6. The number of aromatic nitrogens is 3. The Balaban J connectivity index is 1.42. The molecule has 0 bridgehead atoms. The van der Waals surface area contributed by atoms with Crippen molar-refractivity contribution < 1.29 is 24.3 Å². The number of aliphatic carboxylic acids is 1. The van der Waals surface area contributed by atoms with Gasteiger partial charge in [-0.25, -0.2) is 4.79 Å². The Kier molecular flexibility index (Phi) is 7.84. The number of carbonyl (C=O) groups is 4. The molecule has 1 saturated heterocycles. The van der Waals surface area contributed by atoms with Gasteiger partial charge < -0.3 is 21.5 Å². The van der Waals surface area contributed by atoms with Gasteiger partial charge in [-0.2, -0.15) is 0 Å². The molecule has 3 amide bonds. The fourth-order valence-electron chi connectivity index (χ4n) is 3.84. The number of anilines is 1. The van der Waals surface area contributed by atoms with Crippen molar-refractivity contribution in [3.8, 4) is 0 Å². The van der Waals surface area contributed by atoms with E-state index in [2.05, 4.69) is 26.0 Å². The summed E-state index contributed by atoms with van der Waals surface area (Å²) >= 11 is 2.57. The number of β-lactam (4-membered cyclic amide) rings is 1. The van der Waals surface area contributed by atoms with E-state index in [4.69, 9.17) is 5.73 Å². The third-order valence-electron chi connectivity index (χ3n) is 5.63. The second-order valence-corrected chi connectivity index (χ2v) is 10.2. The molecule has 36 heavy (non-hydrogen) atoms. The predicted octanol–water partition coefficient (Wildman–Crippen LogP) is 0.600. The molecule has 2 aliphatic rings. The summed E-state index contributed by atoms with van der Waals surface area (Å²) in [5.41, 5.74) is 7.59. The van der Waals surface area contributed by atoms with Crippen molar-refractivity contribution in [2.24, 2.45) is 0 Å². The van der Waals surface area contributed by atoms with Crippen molar-refractivity contribution >= 4 is 52.9 Å². The van der Waals surface area contributed by atoms with Gasteiger partial charge in [-0.15, -0.1) is 16.9 Å². The number of carbonyl (C=O) groups excluding carboxylic acids is 3. The summed E-state index contributed by atoms with van der Waals surface area (Å²) in [5.74, 6) is -1.88. The van der Waals surface area contributed by atoms with E-state index in [-0.39, 0.29) is 35.4 Å². The molecule has 1 fully saturated rings. The highest BCUT2D eigenvalue weighted by Crippen LogP contribution is 2.41. The largest absolute Gasteiger partial charge is 0.477 e. The van der Waals surface area contributed by atoms with E-state index in [1.54, 1.807) is 24.3 Å². The fraction of sp³-hybridized carbons (Fsp3) is 0.364. The van der Waals surface area contributed by atoms with Crippen molar-refractivity contribution in [1.82, 2.24) is 30.9 Å². The number of amides is 3. The smallest absolute Gasteiger partial charge is 0.352 e. The average molecular weight is 532 g/mol. The molecule has 1 unspecified atom stereocenters. The topological polar surface area (TPSA) is 183 Å². The highest BCUT2D eigenvalue weighted by molar-refractivity contribution is 8.01. The minimum absolute atomic E-state index is 0.0176. The molecule has 3 heterocycles. The van der Waals surface area contributed by atoms with Crippen LogP contribution in [0.25, 0.3) is 0 Å². The number of aromatic amines is 1. The molecule has 2 atom stereocenters. The molecule has 6 N–H and O–H groups in total. The molecule has 0 saturated carbocycles. The van der Waals surface area contributed by atoms with Crippen LogP contribution in [-0.2, 0) is 20.8 Å². The lowest BCUT2D eigenvalue weighted by molar-refractivity contribution is -0.150. The first-order valence-corrected chi connectivity index (χ1v) is 13.2. The lowest BCUT2D eigenvalue weighted by Gasteiger charge is -2.49. The first-order chi connectivity index (χ1) is 17.3. The SMILES string of the molecule is CCCNC(=O)c1nn[nH]c1SCC1=C(C(=O)O)N2C(=O)C(NC(=O)Cc3ccccc3N)[C@H]2SC1. The van der Waals surface area contributed by atoms with Crippen molar-refractivity contribution in [3.63, 3.8) is 0 Å². The zero-order chi connectivity index (χ0) is 25.8. The number of rotatable bonds is 10. The molecule has 12 nitrogen and oxygen atoms in total. The minimum Gasteiger partial charge on any atom is -0.477 e. The van der Waals surface area contributed by atoms with E-state index in [1.807, 2.05) is 6.92 Å². The van der Waals surface area contributed by atoms with E-state index < -0.39 is 23.3 Å². The molecular formula is C22H25N7O5S2. The summed E-state index contributed by atoms with van der Waals surface area (Å²) < 4.78 is 0. The van der Waals surface area contributed by atoms with E-state index in [0.717, 1.165) is 6.42 Å². The molecule has 14 heteroatoms. The minimum atomic E-state index is -1.23. The molecule has 190 valence electrons. The van der Waals surface area contributed by atoms with E-state index >= 15 is 0 Å². The fourth-order valence-corrected chi connectivity index (χ4v) is 6.24. The van der Waals surface area contributed by atoms with Crippen molar-refractivity contribution in [2.75, 3.05) is 23.8 Å². The molecule has 2 aliphatic heterocycles. The van der Waals surface area contributed by atoms with Crippen LogP contribution in [-0.4, -0.2) is 78.6 Å². The van der Waals surface area contributed by atoms with E-state index in [9.17, 15) is 24.3 Å². The van der Waals surface area contributed by atoms with Gasteiger partial charge in [0.1, 0.15) is 22.1 Å². The molecule has 1 aromatic carbocycles. The lowest BCUT2D eigenvalue weighted by atomic mass is 10.0. The molecule has 2 aromatic rings. The van der Waals surface area contributed by atoms with Crippen molar-refractivity contribution in [2.45, 2.75) is 36.2 Å². The Bertz CT molecular complexity index is 1230. The summed E-state index contributed by atoms with van der Waals surface area (Å²) in [6.45, 7) is 2.43. The highest BCUT2D eigenvalue weighted by Gasteiger charge is 2.54. The van der Waals surface area contributed by atoms with E-state index in [0.29, 0.717) is 34.1 Å². The number of carboxylic acids is 1. The third kappa shape index (κ3) is 5.18. The van der Waals surface area contributed by atoms with Gasteiger partial charge >= 0.3 is 5.97 Å². The number of hydrogen-bond acceptors (Lipinski definition) is 9. The Morgan fingerprint density at radius 3 is 2.83 bits per heavy atom. The number of para-hydroxylation sites is 1. The van der Waals surface area contributed by atoms with E-state index in [1.165, 1.54) is 28.4 Å². The summed E-state index contributed by atoms with van der Waals surface area (Å²) in [6.07, 6.45) is 0.786. The Hall–Kier alpha value is -3.52. The van der Waals surface area contributed by atoms with Gasteiger partial charge in [-0.3, -0.25) is 24.4 Å². The van der Waals surface area contributed by atoms with Crippen LogP contribution >= 0.6 is 23.5 Å². The number of nitrogen functional groups attached to an aromatic ring is 1. The van der Waals surface area contributed by atoms with Crippen LogP contribution in [0.3, 0.4) is 0 Å². The van der Waals surface area contributed by atoms with Crippen LogP contribution in [0.4, 0.5) is 5.69 Å². The molecule has 0 aliphatic carbocycles. The number of nitrogens with zero attached hydrogens (tertiary/aromatic N) is 3. The van der Waals surface area contributed by atoms with Crippen LogP contribution in [0.5, 0.6) is 0 Å². The zero-order valence-electron chi connectivity index (χ0n) is 19.3. The lowest BCUT2D eigenvalue weighted by Crippen LogP contribution is -2.70. The zero-order valence-corrected chi connectivity index (χ0v) is 20.9. The number of thioether (sulfide) groups is 2. The van der Waals surface area contributed by atoms with Crippen LogP contribution in [0.15, 0.2) is 40.6 Å². The molecule has 0 spiro atoms. The highest BCUT2D eigenvalue weighted by atomic mass is 32.2. The summed E-state index contributed by atoms with van der Waals surface area (Å²) in [5, 5.41) is 25.4. The van der Waals surface area contributed by atoms with Crippen LogP contribution in [0, 0.1) is 0 Å². The van der Waals surface area contributed by atoms with Gasteiger partial charge in [0.05, 0.1) is 6.42 Å². The monoisotopic (exact) mass is 531 g/mol. The Labute approximate surface area is 214 Å². The molecule has 4 rings (SSSR count). The molecular weight excluding hydrogens is 506 g/mol. The van der Waals surface area contributed by atoms with Gasteiger partial charge in [0, 0.05) is 23.7 Å². The third-order valence-corrected chi connectivity index (χ3v) is 8.04. The first-order valence-electron chi connectivity index (χ1n) is 11.2. The van der Waals surface area contributed by atoms with Gasteiger partial charge in [-0.05, 0) is 23.6 Å². The van der Waals surface area contributed by atoms with Gasteiger partial charge in [0.25, 0.3) is 11.8 Å². The van der Waals surface area contributed by atoms with Crippen LogP contribution < -0.4 is 16.4 Å². The summed E-state index contributed by atoms with van der Waals surface area (Å²) in [4.78, 5) is 51.0. The maximum Gasteiger partial charge on any atom is 0.352 e. The summed E-state index contributed by atoms with van der Waals surface area (Å²) in [6, 6.07) is 6.15. The quantitative estimate of drug-likeness (QED) is 0.165. The van der Waals surface area contributed by atoms with Crippen LogP contribution in [0.1, 0.15) is 29.4 Å². The number of carboxylic acid groups (broad SMARTS) is 1. The number of hydrogen-bond donors (Lipinski definition) is 5. The molecule has 0 radical (unpaired) electrons. The maximum atomic E-state index is 12.9. The second-order valence-electron chi connectivity index (χ2n) is 8.12. The van der Waals surface area contributed by atoms with Gasteiger partial charge in [-0.1, -0.05) is 42.1 Å². The second kappa shape index (κ2) is 11.0. The molecule has 1 aromatic heterocycles. The average Bonchev–Trinajstić information content (AvgIpc) is 3.34. The van der Waals surface area contributed by atoms with Crippen molar-refractivity contribution in [1.29, 1.82) is 0 Å². The summed E-state index contributed by atoms with van der Waals surface area (Å²) in [7, 11) is 0. The van der Waals surface area contributed by atoms with Crippen molar-refractivity contribution in [3.05, 3.63) is 46.8 Å². The van der Waals surface area contributed by atoms with Gasteiger partial charge in [0.2, 0.25) is 5.91 Å². The normalized spacial score (nSPS) is 18.9. The predicted molar refractivity (Wildman–Crippen MR) is 134 cm³/mol. The standard InChI is InChI=1S/C22H25N7O5S2/c1-2-7-24-18(31)15-19(27-28-26-15)35-9-12-10-36-21-16(20(32)29(21)17(12)22(33)34)25-14(30)8-11-5-3-4-6-13(11)23/h3-6,16,21H,2,7-10,23H2,1H3,(H,24,31)(H,25,30)(H,33,34)(H,26,27,28)/t16?,21-/m1/s1. The van der Waals surface area contributed by atoms with Gasteiger partial charge in [0.15, 0.2) is 5.69 Å². The number of H-pyrrole nitrogens is 1. The number of fused-ring (bicyclic) bond motifs is 1. The number of nitrogens with one attached hydrogen (secondary N) is 3. The number of nitrogens with two attached hydrogens (primary N) is 1. The Morgan fingerprint density at radius 2 is 2.11 bits per heavy atom. The number of benzene rings is 1. The Morgan fingerprint density at radius 1 is 1.33 bits per heavy atom. The van der Waals surface area contributed by atoms with Crippen LogP contribution in [0.2, 0.25) is 0 Å².